The van der Waals surface area contributed by atoms with Crippen LogP contribution < -0.4 is 0 Å². The van der Waals surface area contributed by atoms with Crippen LogP contribution in [0.3, 0.4) is 0 Å². The highest BCUT2D eigenvalue weighted by atomic mass is 32.2. The Morgan fingerprint density at radius 1 is 1.25 bits per heavy atom. The molecule has 0 aliphatic carbocycles. The molecule has 0 saturated carbocycles. The lowest BCUT2D eigenvalue weighted by Crippen LogP contribution is -2.51. The van der Waals surface area contributed by atoms with E-state index in [0.717, 1.165) is 16.3 Å². The average Bonchev–Trinajstić information content (AvgIpc) is 3.23. The number of aryl methyl sites for hydroxylation is 2. The molecule has 0 aromatic carbocycles. The van der Waals surface area contributed by atoms with Crippen molar-refractivity contribution in [3.8, 4) is 0 Å². The highest BCUT2D eigenvalue weighted by Crippen LogP contribution is 2.21. The second-order valence-corrected chi connectivity index (χ2v) is 7.43. The van der Waals surface area contributed by atoms with Gasteiger partial charge in [-0.1, -0.05) is 17.8 Å². The van der Waals surface area contributed by atoms with Crippen molar-refractivity contribution in [1.29, 1.82) is 0 Å². The Morgan fingerprint density at radius 2 is 1.96 bits per heavy atom. The normalized spacial score (nSPS) is 14.9. The van der Waals surface area contributed by atoms with E-state index in [9.17, 15) is 9.59 Å². The molecule has 3 rings (SSSR count). The molecule has 1 aliphatic rings. The Balaban J connectivity index is 1.47. The summed E-state index contributed by atoms with van der Waals surface area (Å²) in [5.41, 5.74) is 0.852. The molecule has 0 spiro atoms. The van der Waals surface area contributed by atoms with Crippen molar-refractivity contribution in [3.05, 3.63) is 33.8 Å². The first-order valence-corrected chi connectivity index (χ1v) is 9.58. The van der Waals surface area contributed by atoms with Gasteiger partial charge in [0.2, 0.25) is 5.91 Å². The Kier molecular flexibility index (Phi) is 5.25. The molecule has 2 amide bonds. The van der Waals surface area contributed by atoms with Gasteiger partial charge in [-0.15, -0.1) is 11.3 Å². The van der Waals surface area contributed by atoms with Crippen LogP contribution in [0.15, 0.2) is 27.2 Å². The molecule has 0 radical (unpaired) electrons. The fraction of sp³-hybridized carbons (Fsp3) is 0.438. The Hall–Kier alpha value is -1.80. The summed E-state index contributed by atoms with van der Waals surface area (Å²) >= 11 is 2.76. The summed E-state index contributed by atoms with van der Waals surface area (Å²) in [6.07, 6.45) is 0. The number of hydrogen-bond donors (Lipinski definition) is 0. The topological polar surface area (TPSA) is 66.7 Å². The summed E-state index contributed by atoms with van der Waals surface area (Å²) in [5.74, 6) is 1.19. The highest BCUT2D eigenvalue weighted by Gasteiger charge is 2.25. The molecule has 6 nitrogen and oxygen atoms in total. The van der Waals surface area contributed by atoms with Crippen LogP contribution in [0.2, 0.25) is 0 Å². The fourth-order valence-corrected chi connectivity index (χ4v) is 3.94. The number of thiophene rings is 1. The van der Waals surface area contributed by atoms with E-state index >= 15 is 0 Å². The predicted molar refractivity (Wildman–Crippen MR) is 93.5 cm³/mol. The fourth-order valence-electron chi connectivity index (χ4n) is 2.43. The third kappa shape index (κ3) is 3.81. The molecule has 128 valence electrons. The molecule has 24 heavy (non-hydrogen) atoms. The number of oxazole rings is 1. The lowest BCUT2D eigenvalue weighted by molar-refractivity contribution is -0.129. The van der Waals surface area contributed by atoms with Crippen molar-refractivity contribution >= 4 is 34.9 Å². The van der Waals surface area contributed by atoms with Crippen molar-refractivity contribution in [2.24, 2.45) is 0 Å². The lowest BCUT2D eigenvalue weighted by atomic mass is 10.3. The van der Waals surface area contributed by atoms with Gasteiger partial charge in [-0.25, -0.2) is 4.98 Å². The molecule has 1 saturated heterocycles. The van der Waals surface area contributed by atoms with Gasteiger partial charge in [0.05, 0.1) is 16.3 Å². The Morgan fingerprint density at radius 3 is 2.54 bits per heavy atom. The van der Waals surface area contributed by atoms with Gasteiger partial charge in [0.1, 0.15) is 5.76 Å². The molecule has 1 fully saturated rings. The molecule has 2 aromatic rings. The van der Waals surface area contributed by atoms with E-state index in [-0.39, 0.29) is 11.8 Å². The standard InChI is InChI=1S/C16H19N3O3S2/c1-11-12(2)22-16(17-11)24-10-14(20)18-5-7-19(8-6-18)15(21)13-4-3-9-23-13/h3-4,9H,5-8,10H2,1-2H3. The number of piperazine rings is 1. The van der Waals surface area contributed by atoms with E-state index < -0.39 is 0 Å². The Bertz CT molecular complexity index is 700. The summed E-state index contributed by atoms with van der Waals surface area (Å²) < 4.78 is 5.47. The molecule has 0 unspecified atom stereocenters. The minimum absolute atomic E-state index is 0.0525. The van der Waals surface area contributed by atoms with Crippen molar-refractivity contribution < 1.29 is 14.0 Å². The number of amides is 2. The van der Waals surface area contributed by atoms with Crippen molar-refractivity contribution in [2.45, 2.75) is 19.1 Å². The van der Waals surface area contributed by atoms with E-state index in [1.165, 1.54) is 23.1 Å². The second-order valence-electron chi connectivity index (χ2n) is 5.56. The van der Waals surface area contributed by atoms with Crippen LogP contribution >= 0.6 is 23.1 Å². The average molecular weight is 365 g/mol. The number of aromatic nitrogens is 1. The van der Waals surface area contributed by atoms with Crippen molar-refractivity contribution in [3.63, 3.8) is 0 Å². The monoisotopic (exact) mass is 365 g/mol. The molecule has 3 heterocycles. The van der Waals surface area contributed by atoms with E-state index in [2.05, 4.69) is 4.98 Å². The number of nitrogens with zero attached hydrogens (tertiary/aromatic N) is 3. The molecular formula is C16H19N3O3S2. The molecule has 0 atom stereocenters. The molecule has 8 heteroatoms. The van der Waals surface area contributed by atoms with Crippen molar-refractivity contribution in [1.82, 2.24) is 14.8 Å². The minimum atomic E-state index is 0.0525. The maximum atomic E-state index is 12.3. The second kappa shape index (κ2) is 7.40. The zero-order valence-corrected chi connectivity index (χ0v) is 15.3. The van der Waals surface area contributed by atoms with E-state index in [1.54, 1.807) is 4.90 Å². The number of carbonyl (C=O) groups excluding carboxylic acids is 2. The van der Waals surface area contributed by atoms with Crippen molar-refractivity contribution in [2.75, 3.05) is 31.9 Å². The van der Waals surface area contributed by atoms with Gasteiger partial charge < -0.3 is 14.2 Å². The van der Waals surface area contributed by atoms with Gasteiger partial charge in [0.15, 0.2) is 0 Å². The first-order chi connectivity index (χ1) is 11.5. The van der Waals surface area contributed by atoms with Gasteiger partial charge in [0.25, 0.3) is 11.1 Å². The summed E-state index contributed by atoms with van der Waals surface area (Å²) in [4.78, 5) is 33.2. The molecule has 2 aromatic heterocycles. The number of carbonyl (C=O) groups is 2. The quantitative estimate of drug-likeness (QED) is 0.779. The molecule has 1 aliphatic heterocycles. The van der Waals surface area contributed by atoms with E-state index in [4.69, 9.17) is 4.42 Å². The van der Waals surface area contributed by atoms with Crippen LogP contribution in [-0.4, -0.2) is 58.5 Å². The minimum Gasteiger partial charge on any atom is -0.437 e. The van der Waals surface area contributed by atoms with Crippen LogP contribution in [0.5, 0.6) is 0 Å². The van der Waals surface area contributed by atoms with Crippen LogP contribution in [0.4, 0.5) is 0 Å². The highest BCUT2D eigenvalue weighted by molar-refractivity contribution is 7.99. The molecule has 0 N–H and O–H groups in total. The summed E-state index contributed by atoms with van der Waals surface area (Å²) in [6.45, 7) is 6.03. The Labute approximate surface area is 148 Å². The van der Waals surface area contributed by atoms with Crippen LogP contribution in [0.25, 0.3) is 0 Å². The zero-order chi connectivity index (χ0) is 17.1. The van der Waals surface area contributed by atoms with Gasteiger partial charge in [0, 0.05) is 26.2 Å². The van der Waals surface area contributed by atoms with Crippen LogP contribution in [-0.2, 0) is 4.79 Å². The first kappa shape index (κ1) is 17.0. The van der Waals surface area contributed by atoms with E-state index in [0.29, 0.717) is 37.2 Å². The van der Waals surface area contributed by atoms with Gasteiger partial charge in [-0.05, 0) is 25.3 Å². The van der Waals surface area contributed by atoms with Crippen LogP contribution in [0.1, 0.15) is 21.1 Å². The van der Waals surface area contributed by atoms with Gasteiger partial charge in [-0.2, -0.15) is 0 Å². The molecular weight excluding hydrogens is 346 g/mol. The maximum absolute atomic E-state index is 12.3. The molecule has 0 bridgehead atoms. The third-order valence-electron chi connectivity index (χ3n) is 3.98. The van der Waals surface area contributed by atoms with Gasteiger partial charge >= 0.3 is 0 Å². The third-order valence-corrected chi connectivity index (χ3v) is 5.65. The summed E-state index contributed by atoms with van der Waals surface area (Å²) in [5, 5.41) is 2.43. The summed E-state index contributed by atoms with van der Waals surface area (Å²) in [6, 6.07) is 3.71. The zero-order valence-electron chi connectivity index (χ0n) is 13.7. The van der Waals surface area contributed by atoms with Crippen LogP contribution in [0, 0.1) is 13.8 Å². The lowest BCUT2D eigenvalue weighted by Gasteiger charge is -2.34. The van der Waals surface area contributed by atoms with E-state index in [1.807, 2.05) is 36.3 Å². The predicted octanol–water partition coefficient (Wildman–Crippen LogP) is 2.43. The first-order valence-electron chi connectivity index (χ1n) is 7.72. The SMILES string of the molecule is Cc1nc(SCC(=O)N2CCN(C(=O)c3cccs3)CC2)oc1C. The van der Waals surface area contributed by atoms with Gasteiger partial charge in [-0.3, -0.25) is 9.59 Å². The number of rotatable bonds is 4. The smallest absolute Gasteiger partial charge is 0.264 e. The summed E-state index contributed by atoms with van der Waals surface area (Å²) in [7, 11) is 0. The maximum Gasteiger partial charge on any atom is 0.264 e. The number of hydrogen-bond acceptors (Lipinski definition) is 6. The largest absolute Gasteiger partial charge is 0.437 e. The number of thioether (sulfide) groups is 1.